The van der Waals surface area contributed by atoms with Crippen molar-refractivity contribution in [2.24, 2.45) is 0 Å². The molecular formula is C9H16N4O. The first-order valence-electron chi connectivity index (χ1n) is 4.57. The van der Waals surface area contributed by atoms with Crippen LogP contribution in [0.2, 0.25) is 0 Å². The van der Waals surface area contributed by atoms with Crippen LogP contribution in [-0.4, -0.2) is 48.2 Å². The lowest BCUT2D eigenvalue weighted by Gasteiger charge is -2.16. The second-order valence-electron chi connectivity index (χ2n) is 3.24. The Labute approximate surface area is 83.5 Å². The second-order valence-corrected chi connectivity index (χ2v) is 3.24. The molecule has 1 amide bonds. The number of hydrogen-bond acceptors (Lipinski definition) is 3. The van der Waals surface area contributed by atoms with Gasteiger partial charge in [0, 0.05) is 25.8 Å². The maximum atomic E-state index is 11.8. The fourth-order valence-corrected chi connectivity index (χ4v) is 1.15. The van der Waals surface area contributed by atoms with Crippen LogP contribution < -0.4 is 5.32 Å². The maximum Gasteiger partial charge on any atom is 0.257 e. The lowest BCUT2D eigenvalue weighted by Crippen LogP contribution is -2.32. The number of H-pyrrole nitrogens is 1. The number of nitrogens with zero attached hydrogens (tertiary/aromatic N) is 2. The third-order valence-corrected chi connectivity index (χ3v) is 2.10. The molecule has 2 N–H and O–H groups in total. The van der Waals surface area contributed by atoms with E-state index in [-0.39, 0.29) is 5.91 Å². The van der Waals surface area contributed by atoms with Gasteiger partial charge in [-0.3, -0.25) is 9.89 Å². The molecule has 0 spiro atoms. The predicted molar refractivity (Wildman–Crippen MR) is 54.2 cm³/mol. The summed E-state index contributed by atoms with van der Waals surface area (Å²) in [6.07, 6.45) is 1.56. The van der Waals surface area contributed by atoms with E-state index in [0.29, 0.717) is 12.1 Å². The molecular weight excluding hydrogens is 180 g/mol. The topological polar surface area (TPSA) is 61.0 Å². The molecule has 0 fully saturated rings. The number of carbonyl (C=O) groups is 1. The molecule has 78 valence electrons. The summed E-state index contributed by atoms with van der Waals surface area (Å²) < 4.78 is 0. The highest BCUT2D eigenvalue weighted by atomic mass is 16.2. The SMILES string of the molecule is CNCCN(C)C(=O)c1cn[nH]c1C. The zero-order chi connectivity index (χ0) is 10.6. The highest BCUT2D eigenvalue weighted by molar-refractivity contribution is 5.94. The van der Waals surface area contributed by atoms with Crippen molar-refractivity contribution in [1.82, 2.24) is 20.4 Å². The van der Waals surface area contributed by atoms with E-state index in [0.717, 1.165) is 12.2 Å². The average molecular weight is 196 g/mol. The Balaban J connectivity index is 2.61. The number of hydrogen-bond donors (Lipinski definition) is 2. The van der Waals surface area contributed by atoms with Gasteiger partial charge in [-0.1, -0.05) is 0 Å². The molecule has 0 aliphatic carbocycles. The zero-order valence-corrected chi connectivity index (χ0v) is 8.79. The minimum atomic E-state index is 0.00602. The molecule has 0 bridgehead atoms. The van der Waals surface area contributed by atoms with Gasteiger partial charge in [0.05, 0.1) is 11.8 Å². The number of likely N-dealkylation sites (N-methyl/N-ethyl adjacent to an activating group) is 2. The molecule has 0 saturated heterocycles. The van der Waals surface area contributed by atoms with E-state index >= 15 is 0 Å². The van der Waals surface area contributed by atoms with Crippen molar-refractivity contribution < 1.29 is 4.79 Å². The van der Waals surface area contributed by atoms with Gasteiger partial charge in [-0.2, -0.15) is 5.10 Å². The van der Waals surface area contributed by atoms with Gasteiger partial charge in [0.15, 0.2) is 0 Å². The van der Waals surface area contributed by atoms with Crippen LogP contribution in [0.15, 0.2) is 6.20 Å². The zero-order valence-electron chi connectivity index (χ0n) is 8.79. The molecule has 0 atom stereocenters. The van der Waals surface area contributed by atoms with Crippen molar-refractivity contribution in [2.45, 2.75) is 6.92 Å². The second kappa shape index (κ2) is 4.76. The fraction of sp³-hybridized carbons (Fsp3) is 0.556. The molecule has 1 aromatic rings. The quantitative estimate of drug-likeness (QED) is 0.713. The lowest BCUT2D eigenvalue weighted by molar-refractivity contribution is 0.0796. The summed E-state index contributed by atoms with van der Waals surface area (Å²) in [6.45, 7) is 3.32. The standard InChI is InChI=1S/C9H16N4O/c1-7-8(6-11-12-7)9(14)13(3)5-4-10-2/h6,10H,4-5H2,1-3H3,(H,11,12). The first kappa shape index (κ1) is 10.7. The van der Waals surface area contributed by atoms with Gasteiger partial charge in [0.25, 0.3) is 5.91 Å². The van der Waals surface area contributed by atoms with Gasteiger partial charge in [0.2, 0.25) is 0 Å². The molecule has 1 rings (SSSR count). The van der Waals surface area contributed by atoms with Crippen molar-refractivity contribution in [3.63, 3.8) is 0 Å². The highest BCUT2D eigenvalue weighted by Crippen LogP contribution is 2.05. The Kier molecular flexibility index (Phi) is 3.64. The smallest absolute Gasteiger partial charge is 0.257 e. The summed E-state index contributed by atoms with van der Waals surface area (Å²) in [6, 6.07) is 0. The van der Waals surface area contributed by atoms with Crippen molar-refractivity contribution in [3.8, 4) is 0 Å². The van der Waals surface area contributed by atoms with Crippen LogP contribution in [0.4, 0.5) is 0 Å². The molecule has 0 unspecified atom stereocenters. The molecule has 0 aromatic carbocycles. The van der Waals surface area contributed by atoms with Crippen LogP contribution in [0.25, 0.3) is 0 Å². The Morgan fingerprint density at radius 1 is 1.71 bits per heavy atom. The largest absolute Gasteiger partial charge is 0.340 e. The van der Waals surface area contributed by atoms with Crippen LogP contribution >= 0.6 is 0 Å². The Hall–Kier alpha value is -1.36. The summed E-state index contributed by atoms with van der Waals surface area (Å²) in [5, 5.41) is 9.56. The fourth-order valence-electron chi connectivity index (χ4n) is 1.15. The number of aromatic nitrogens is 2. The minimum absolute atomic E-state index is 0.00602. The van der Waals surface area contributed by atoms with E-state index < -0.39 is 0 Å². The lowest BCUT2D eigenvalue weighted by atomic mass is 10.2. The summed E-state index contributed by atoms with van der Waals surface area (Å²) in [5.74, 6) is 0.00602. The number of aryl methyl sites for hydroxylation is 1. The molecule has 5 heteroatoms. The number of aromatic amines is 1. The van der Waals surface area contributed by atoms with E-state index in [1.165, 1.54) is 0 Å². The van der Waals surface area contributed by atoms with Crippen molar-refractivity contribution in [3.05, 3.63) is 17.5 Å². The van der Waals surface area contributed by atoms with Crippen LogP contribution in [0.5, 0.6) is 0 Å². The number of rotatable bonds is 4. The molecule has 0 aliphatic rings. The molecule has 0 aliphatic heterocycles. The minimum Gasteiger partial charge on any atom is -0.340 e. The van der Waals surface area contributed by atoms with Gasteiger partial charge < -0.3 is 10.2 Å². The highest BCUT2D eigenvalue weighted by Gasteiger charge is 2.14. The third kappa shape index (κ3) is 2.32. The van der Waals surface area contributed by atoms with E-state index in [4.69, 9.17) is 0 Å². The Bertz CT molecular complexity index is 308. The van der Waals surface area contributed by atoms with Crippen molar-refractivity contribution in [2.75, 3.05) is 27.2 Å². The Morgan fingerprint density at radius 2 is 2.43 bits per heavy atom. The first-order chi connectivity index (χ1) is 6.66. The van der Waals surface area contributed by atoms with Gasteiger partial charge in [-0.15, -0.1) is 0 Å². The van der Waals surface area contributed by atoms with Crippen molar-refractivity contribution >= 4 is 5.91 Å². The molecule has 5 nitrogen and oxygen atoms in total. The van der Waals surface area contributed by atoms with Crippen LogP contribution in [0, 0.1) is 6.92 Å². The van der Waals surface area contributed by atoms with Crippen LogP contribution in [0.3, 0.4) is 0 Å². The monoisotopic (exact) mass is 196 g/mol. The van der Waals surface area contributed by atoms with Crippen molar-refractivity contribution in [1.29, 1.82) is 0 Å². The van der Waals surface area contributed by atoms with Gasteiger partial charge >= 0.3 is 0 Å². The van der Waals surface area contributed by atoms with Gasteiger partial charge in [-0.05, 0) is 14.0 Å². The number of carbonyl (C=O) groups excluding carboxylic acids is 1. The maximum absolute atomic E-state index is 11.8. The molecule has 0 radical (unpaired) electrons. The van der Waals surface area contributed by atoms with E-state index in [1.807, 2.05) is 14.0 Å². The number of amides is 1. The van der Waals surface area contributed by atoms with Gasteiger partial charge in [-0.25, -0.2) is 0 Å². The number of nitrogens with one attached hydrogen (secondary N) is 2. The van der Waals surface area contributed by atoms with Crippen LogP contribution in [0.1, 0.15) is 16.1 Å². The first-order valence-corrected chi connectivity index (χ1v) is 4.57. The molecule has 0 saturated carbocycles. The van der Waals surface area contributed by atoms with E-state index in [9.17, 15) is 4.79 Å². The molecule has 1 heterocycles. The predicted octanol–water partition coefficient (Wildman–Crippen LogP) is 0.00952. The average Bonchev–Trinajstić information content (AvgIpc) is 2.59. The van der Waals surface area contributed by atoms with E-state index in [2.05, 4.69) is 15.5 Å². The van der Waals surface area contributed by atoms with Crippen LogP contribution in [-0.2, 0) is 0 Å². The normalized spacial score (nSPS) is 10.2. The van der Waals surface area contributed by atoms with Gasteiger partial charge in [0.1, 0.15) is 0 Å². The molecule has 1 aromatic heterocycles. The van der Waals surface area contributed by atoms with E-state index in [1.54, 1.807) is 18.1 Å². The third-order valence-electron chi connectivity index (χ3n) is 2.10. The summed E-state index contributed by atoms with van der Waals surface area (Å²) in [4.78, 5) is 13.4. The summed E-state index contributed by atoms with van der Waals surface area (Å²) in [5.41, 5.74) is 1.45. The summed E-state index contributed by atoms with van der Waals surface area (Å²) >= 11 is 0. The Morgan fingerprint density at radius 3 is 2.93 bits per heavy atom. The summed E-state index contributed by atoms with van der Waals surface area (Å²) in [7, 11) is 3.65. The molecule has 14 heavy (non-hydrogen) atoms.